The van der Waals surface area contributed by atoms with Gasteiger partial charge >= 0.3 is 0 Å². The molecular formula is C16H23NO. The molecule has 2 nitrogen and oxygen atoms in total. The van der Waals surface area contributed by atoms with Crippen molar-refractivity contribution < 1.29 is 4.74 Å². The molecule has 98 valence electrons. The van der Waals surface area contributed by atoms with E-state index in [2.05, 4.69) is 30.3 Å². The van der Waals surface area contributed by atoms with E-state index in [1.165, 1.54) is 31.2 Å². The van der Waals surface area contributed by atoms with Crippen molar-refractivity contribution in [2.24, 2.45) is 11.7 Å². The Hall–Kier alpha value is -0.860. The predicted molar refractivity (Wildman–Crippen MR) is 73.2 cm³/mol. The van der Waals surface area contributed by atoms with Crippen molar-refractivity contribution in [2.45, 2.75) is 50.2 Å². The molecule has 0 amide bonds. The van der Waals surface area contributed by atoms with Gasteiger partial charge in [0.1, 0.15) is 0 Å². The lowest BCUT2D eigenvalue weighted by molar-refractivity contribution is -0.0963. The number of hydrogen-bond acceptors (Lipinski definition) is 2. The molecule has 2 heteroatoms. The van der Waals surface area contributed by atoms with E-state index >= 15 is 0 Å². The SMILES string of the molecule is NC(c1ccccc1)C1CCOC2(CCCC2)C1. The van der Waals surface area contributed by atoms with Gasteiger partial charge in [-0.05, 0) is 37.2 Å². The van der Waals surface area contributed by atoms with Gasteiger partial charge in [-0.25, -0.2) is 0 Å². The molecule has 1 aromatic rings. The van der Waals surface area contributed by atoms with E-state index < -0.39 is 0 Å². The van der Waals surface area contributed by atoms with Gasteiger partial charge in [-0.3, -0.25) is 0 Å². The van der Waals surface area contributed by atoms with Gasteiger partial charge in [0.05, 0.1) is 5.60 Å². The first kappa shape index (κ1) is 12.2. The third kappa shape index (κ3) is 2.32. The van der Waals surface area contributed by atoms with E-state index in [1.807, 2.05) is 0 Å². The summed E-state index contributed by atoms with van der Waals surface area (Å²) in [6, 6.07) is 10.7. The third-order valence-electron chi connectivity index (χ3n) is 4.74. The average molecular weight is 245 g/mol. The zero-order chi connectivity index (χ0) is 12.4. The maximum atomic E-state index is 6.47. The Bertz CT molecular complexity index is 383. The van der Waals surface area contributed by atoms with Gasteiger partial charge in [-0.15, -0.1) is 0 Å². The van der Waals surface area contributed by atoms with E-state index in [0.717, 1.165) is 19.4 Å². The molecule has 1 aliphatic carbocycles. The monoisotopic (exact) mass is 245 g/mol. The van der Waals surface area contributed by atoms with Gasteiger partial charge in [0.15, 0.2) is 0 Å². The lowest BCUT2D eigenvalue weighted by Crippen LogP contribution is -2.40. The third-order valence-corrected chi connectivity index (χ3v) is 4.74. The normalized spacial score (nSPS) is 28.4. The van der Waals surface area contributed by atoms with E-state index in [-0.39, 0.29) is 11.6 Å². The number of hydrogen-bond donors (Lipinski definition) is 1. The highest BCUT2D eigenvalue weighted by Crippen LogP contribution is 2.44. The van der Waals surface area contributed by atoms with Crippen LogP contribution in [0, 0.1) is 5.92 Å². The fraction of sp³-hybridized carbons (Fsp3) is 0.625. The minimum Gasteiger partial charge on any atom is -0.375 e. The minimum absolute atomic E-state index is 0.174. The Morgan fingerprint density at radius 2 is 1.89 bits per heavy atom. The van der Waals surface area contributed by atoms with Crippen LogP contribution in [0.4, 0.5) is 0 Å². The van der Waals surface area contributed by atoms with Crippen molar-refractivity contribution >= 4 is 0 Å². The van der Waals surface area contributed by atoms with Crippen LogP contribution < -0.4 is 5.73 Å². The van der Waals surface area contributed by atoms with E-state index in [9.17, 15) is 0 Å². The highest BCUT2D eigenvalue weighted by atomic mass is 16.5. The first-order valence-corrected chi connectivity index (χ1v) is 7.24. The number of ether oxygens (including phenoxy) is 1. The molecule has 2 atom stereocenters. The quantitative estimate of drug-likeness (QED) is 0.866. The van der Waals surface area contributed by atoms with E-state index in [0.29, 0.717) is 5.92 Å². The first-order valence-electron chi connectivity index (χ1n) is 7.24. The van der Waals surface area contributed by atoms with Gasteiger partial charge in [-0.2, -0.15) is 0 Å². The van der Waals surface area contributed by atoms with Crippen LogP contribution in [0.3, 0.4) is 0 Å². The highest BCUT2D eigenvalue weighted by Gasteiger charge is 2.41. The summed E-state index contributed by atoms with van der Waals surface area (Å²) >= 11 is 0. The second-order valence-electron chi connectivity index (χ2n) is 5.93. The Morgan fingerprint density at radius 1 is 1.17 bits per heavy atom. The van der Waals surface area contributed by atoms with Crippen molar-refractivity contribution in [2.75, 3.05) is 6.61 Å². The highest BCUT2D eigenvalue weighted by molar-refractivity contribution is 5.19. The van der Waals surface area contributed by atoms with Crippen LogP contribution in [-0.4, -0.2) is 12.2 Å². The molecule has 0 aromatic heterocycles. The topological polar surface area (TPSA) is 35.2 Å². The minimum atomic E-state index is 0.174. The maximum Gasteiger partial charge on any atom is 0.0685 e. The van der Waals surface area contributed by atoms with Crippen LogP contribution in [0.5, 0.6) is 0 Å². The summed E-state index contributed by atoms with van der Waals surface area (Å²) < 4.78 is 6.09. The Kier molecular flexibility index (Phi) is 3.40. The molecule has 3 rings (SSSR count). The van der Waals surface area contributed by atoms with Crippen LogP contribution >= 0.6 is 0 Å². The second-order valence-corrected chi connectivity index (χ2v) is 5.93. The van der Waals surface area contributed by atoms with E-state index in [4.69, 9.17) is 10.5 Å². The van der Waals surface area contributed by atoms with Crippen molar-refractivity contribution in [1.29, 1.82) is 0 Å². The summed E-state index contributed by atoms with van der Waals surface area (Å²) in [5.74, 6) is 0.583. The van der Waals surface area contributed by atoms with Gasteiger partial charge in [-0.1, -0.05) is 43.2 Å². The summed E-state index contributed by atoms with van der Waals surface area (Å²) in [7, 11) is 0. The van der Waals surface area contributed by atoms with Gasteiger partial charge < -0.3 is 10.5 Å². The van der Waals surface area contributed by atoms with Crippen LogP contribution in [0.2, 0.25) is 0 Å². The smallest absolute Gasteiger partial charge is 0.0685 e. The fourth-order valence-corrected chi connectivity index (χ4v) is 3.69. The molecule has 2 unspecified atom stereocenters. The molecule has 2 fully saturated rings. The summed E-state index contributed by atoms with van der Waals surface area (Å²) in [6.07, 6.45) is 7.40. The Morgan fingerprint density at radius 3 is 2.61 bits per heavy atom. The molecule has 0 radical (unpaired) electrons. The standard InChI is InChI=1S/C16H23NO/c17-15(13-6-2-1-3-7-13)14-8-11-18-16(12-14)9-4-5-10-16/h1-3,6-7,14-15H,4-5,8-12,17H2. The Balaban J connectivity index is 1.72. The van der Waals surface area contributed by atoms with Crippen LogP contribution in [0.15, 0.2) is 30.3 Å². The molecule has 0 bridgehead atoms. The first-order chi connectivity index (χ1) is 8.79. The largest absolute Gasteiger partial charge is 0.375 e. The molecule has 1 saturated heterocycles. The second kappa shape index (κ2) is 5.02. The molecule has 1 heterocycles. The molecule has 1 aliphatic heterocycles. The molecule has 18 heavy (non-hydrogen) atoms. The van der Waals surface area contributed by atoms with Crippen molar-refractivity contribution in [3.63, 3.8) is 0 Å². The summed E-state index contributed by atoms with van der Waals surface area (Å²) in [6.45, 7) is 0.894. The molecule has 2 aliphatic rings. The van der Waals surface area contributed by atoms with Crippen molar-refractivity contribution in [1.82, 2.24) is 0 Å². The zero-order valence-electron chi connectivity index (χ0n) is 11.0. The van der Waals surface area contributed by atoms with Gasteiger partial charge in [0.2, 0.25) is 0 Å². The van der Waals surface area contributed by atoms with Gasteiger partial charge in [0, 0.05) is 12.6 Å². The summed E-state index contributed by atoms with van der Waals surface area (Å²) in [5.41, 5.74) is 7.92. The summed E-state index contributed by atoms with van der Waals surface area (Å²) in [5, 5.41) is 0. The lowest BCUT2D eigenvalue weighted by atomic mass is 9.79. The van der Waals surface area contributed by atoms with Crippen LogP contribution in [0.25, 0.3) is 0 Å². The molecule has 1 spiro atoms. The number of benzene rings is 1. The predicted octanol–water partition coefficient (Wildman–Crippen LogP) is 3.43. The Labute approximate surface area is 110 Å². The van der Waals surface area contributed by atoms with Crippen LogP contribution in [0.1, 0.15) is 50.1 Å². The molecule has 2 N–H and O–H groups in total. The van der Waals surface area contributed by atoms with Crippen molar-refractivity contribution in [3.8, 4) is 0 Å². The van der Waals surface area contributed by atoms with E-state index in [1.54, 1.807) is 0 Å². The lowest BCUT2D eigenvalue weighted by Gasteiger charge is -2.40. The molecule has 1 saturated carbocycles. The maximum absolute atomic E-state index is 6.47. The zero-order valence-corrected chi connectivity index (χ0v) is 11.0. The van der Waals surface area contributed by atoms with Crippen LogP contribution in [-0.2, 0) is 4.74 Å². The molecular weight excluding hydrogens is 222 g/mol. The number of nitrogens with two attached hydrogens (primary N) is 1. The number of rotatable bonds is 2. The fourth-order valence-electron chi connectivity index (χ4n) is 3.69. The van der Waals surface area contributed by atoms with Crippen molar-refractivity contribution in [3.05, 3.63) is 35.9 Å². The molecule has 1 aromatic carbocycles. The summed E-state index contributed by atoms with van der Waals surface area (Å²) in [4.78, 5) is 0. The average Bonchev–Trinajstić information content (AvgIpc) is 2.87. The van der Waals surface area contributed by atoms with Gasteiger partial charge in [0.25, 0.3) is 0 Å².